The second-order valence-electron chi connectivity index (χ2n) is 6.02. The SMILES string of the molecule is C=C(C)C(=O)OC1CCN(CCCC)C(CCCC)C1. The molecule has 1 aliphatic rings. The highest BCUT2D eigenvalue weighted by Crippen LogP contribution is 2.25. The van der Waals surface area contributed by atoms with E-state index in [-0.39, 0.29) is 12.1 Å². The highest BCUT2D eigenvalue weighted by atomic mass is 16.5. The summed E-state index contributed by atoms with van der Waals surface area (Å²) in [4.78, 5) is 14.3. The second-order valence-corrected chi connectivity index (χ2v) is 6.02. The zero-order valence-corrected chi connectivity index (χ0v) is 13.5. The first-order chi connectivity index (χ1) is 9.58. The number of hydrogen-bond donors (Lipinski definition) is 0. The summed E-state index contributed by atoms with van der Waals surface area (Å²) in [5, 5.41) is 0. The Balaban J connectivity index is 2.51. The van der Waals surface area contributed by atoms with Crippen molar-refractivity contribution in [1.29, 1.82) is 0 Å². The van der Waals surface area contributed by atoms with Crippen LogP contribution < -0.4 is 0 Å². The third-order valence-corrected chi connectivity index (χ3v) is 4.10. The minimum Gasteiger partial charge on any atom is -0.459 e. The molecular formula is C17H31NO2. The first kappa shape index (κ1) is 17.2. The van der Waals surface area contributed by atoms with Crippen LogP contribution in [-0.4, -0.2) is 36.1 Å². The lowest BCUT2D eigenvalue weighted by molar-refractivity contribution is -0.147. The molecule has 1 aliphatic heterocycles. The third-order valence-electron chi connectivity index (χ3n) is 4.10. The lowest BCUT2D eigenvalue weighted by Crippen LogP contribution is -2.45. The Bertz CT molecular complexity index is 314. The van der Waals surface area contributed by atoms with Gasteiger partial charge < -0.3 is 9.64 Å². The minimum absolute atomic E-state index is 0.0823. The number of piperidine rings is 1. The number of carbonyl (C=O) groups is 1. The van der Waals surface area contributed by atoms with Gasteiger partial charge in [-0.3, -0.25) is 0 Å². The zero-order chi connectivity index (χ0) is 15.0. The Kier molecular flexibility index (Phi) is 7.90. The molecule has 0 aromatic heterocycles. The molecule has 1 fully saturated rings. The van der Waals surface area contributed by atoms with E-state index in [4.69, 9.17) is 4.74 Å². The predicted molar refractivity (Wildman–Crippen MR) is 83.7 cm³/mol. The highest BCUT2D eigenvalue weighted by Gasteiger charge is 2.29. The van der Waals surface area contributed by atoms with Crippen LogP contribution in [0.15, 0.2) is 12.2 Å². The Morgan fingerprint density at radius 2 is 2.00 bits per heavy atom. The van der Waals surface area contributed by atoms with Gasteiger partial charge in [-0.2, -0.15) is 0 Å². The molecule has 0 N–H and O–H groups in total. The van der Waals surface area contributed by atoms with E-state index in [2.05, 4.69) is 25.3 Å². The number of esters is 1. The van der Waals surface area contributed by atoms with E-state index < -0.39 is 0 Å². The van der Waals surface area contributed by atoms with Gasteiger partial charge in [0.05, 0.1) is 0 Å². The van der Waals surface area contributed by atoms with Crippen molar-refractivity contribution in [2.45, 2.75) is 77.9 Å². The molecule has 2 unspecified atom stereocenters. The monoisotopic (exact) mass is 281 g/mol. The first-order valence-corrected chi connectivity index (χ1v) is 8.19. The van der Waals surface area contributed by atoms with Crippen molar-refractivity contribution in [1.82, 2.24) is 4.90 Å². The molecule has 2 atom stereocenters. The fraction of sp³-hybridized carbons (Fsp3) is 0.824. The van der Waals surface area contributed by atoms with Crippen LogP contribution in [0, 0.1) is 0 Å². The van der Waals surface area contributed by atoms with Crippen LogP contribution in [0.2, 0.25) is 0 Å². The Morgan fingerprint density at radius 1 is 1.30 bits per heavy atom. The van der Waals surface area contributed by atoms with E-state index in [1.54, 1.807) is 6.92 Å². The summed E-state index contributed by atoms with van der Waals surface area (Å²) in [6.45, 7) is 12.1. The van der Waals surface area contributed by atoms with Crippen molar-refractivity contribution in [2.24, 2.45) is 0 Å². The molecule has 116 valence electrons. The summed E-state index contributed by atoms with van der Waals surface area (Å²) in [7, 11) is 0. The average molecular weight is 281 g/mol. The molecule has 0 bridgehead atoms. The second kappa shape index (κ2) is 9.17. The van der Waals surface area contributed by atoms with Crippen molar-refractivity contribution in [3.8, 4) is 0 Å². The molecule has 0 aliphatic carbocycles. The van der Waals surface area contributed by atoms with E-state index in [0.29, 0.717) is 11.6 Å². The maximum Gasteiger partial charge on any atom is 0.333 e. The maximum absolute atomic E-state index is 11.6. The van der Waals surface area contributed by atoms with Gasteiger partial charge in [0.2, 0.25) is 0 Å². The third kappa shape index (κ3) is 5.66. The van der Waals surface area contributed by atoms with Gasteiger partial charge in [-0.1, -0.05) is 39.7 Å². The van der Waals surface area contributed by atoms with E-state index in [1.807, 2.05) is 0 Å². The quantitative estimate of drug-likeness (QED) is 0.499. The summed E-state index contributed by atoms with van der Waals surface area (Å²) in [6.07, 6.45) is 8.25. The van der Waals surface area contributed by atoms with E-state index in [9.17, 15) is 4.79 Å². The normalized spacial score (nSPS) is 23.6. The standard InChI is InChI=1S/C17H31NO2/c1-5-7-9-15-13-16(20-17(19)14(3)4)10-12-18(15)11-8-6-2/h15-16H,3,5-13H2,1-2,4H3. The molecule has 0 amide bonds. The number of hydrogen-bond acceptors (Lipinski definition) is 3. The summed E-state index contributed by atoms with van der Waals surface area (Å²) < 4.78 is 5.55. The van der Waals surface area contributed by atoms with Gasteiger partial charge in [-0.15, -0.1) is 0 Å². The fourth-order valence-electron chi connectivity index (χ4n) is 2.82. The number of unbranched alkanes of at least 4 members (excludes halogenated alkanes) is 2. The van der Waals surface area contributed by atoms with Gasteiger partial charge in [0.15, 0.2) is 0 Å². The molecule has 1 rings (SSSR count). The molecule has 20 heavy (non-hydrogen) atoms. The van der Waals surface area contributed by atoms with Gasteiger partial charge in [0, 0.05) is 18.2 Å². The van der Waals surface area contributed by atoms with Crippen molar-refractivity contribution in [3.05, 3.63) is 12.2 Å². The number of rotatable bonds is 8. The van der Waals surface area contributed by atoms with Gasteiger partial charge in [-0.05, 0) is 39.2 Å². The Hall–Kier alpha value is -0.830. The summed E-state index contributed by atoms with van der Waals surface area (Å²) in [5.41, 5.74) is 0.503. The van der Waals surface area contributed by atoms with Crippen LogP contribution in [0.4, 0.5) is 0 Å². The number of likely N-dealkylation sites (tertiary alicyclic amines) is 1. The molecule has 1 saturated heterocycles. The number of carbonyl (C=O) groups excluding carboxylic acids is 1. The first-order valence-electron chi connectivity index (χ1n) is 8.19. The van der Waals surface area contributed by atoms with E-state index in [1.165, 1.54) is 38.6 Å². The van der Waals surface area contributed by atoms with Crippen molar-refractivity contribution < 1.29 is 9.53 Å². The van der Waals surface area contributed by atoms with Crippen molar-refractivity contribution in [2.75, 3.05) is 13.1 Å². The number of nitrogens with zero attached hydrogens (tertiary/aromatic N) is 1. The molecule has 1 heterocycles. The highest BCUT2D eigenvalue weighted by molar-refractivity contribution is 5.87. The Labute approximate surface area is 124 Å². The summed E-state index contributed by atoms with van der Waals surface area (Å²) in [5.74, 6) is -0.230. The molecule has 0 radical (unpaired) electrons. The predicted octanol–water partition coefficient (Wildman–Crippen LogP) is 3.93. The lowest BCUT2D eigenvalue weighted by atomic mass is 9.94. The van der Waals surface area contributed by atoms with Crippen LogP contribution in [0.3, 0.4) is 0 Å². The Morgan fingerprint density at radius 3 is 2.60 bits per heavy atom. The maximum atomic E-state index is 11.6. The summed E-state index contributed by atoms with van der Waals surface area (Å²) >= 11 is 0. The lowest BCUT2D eigenvalue weighted by Gasteiger charge is -2.39. The average Bonchev–Trinajstić information content (AvgIpc) is 2.43. The fourth-order valence-corrected chi connectivity index (χ4v) is 2.82. The molecule has 3 nitrogen and oxygen atoms in total. The molecular weight excluding hydrogens is 250 g/mol. The zero-order valence-electron chi connectivity index (χ0n) is 13.5. The van der Waals surface area contributed by atoms with Crippen LogP contribution >= 0.6 is 0 Å². The molecule has 3 heteroatoms. The van der Waals surface area contributed by atoms with Gasteiger partial charge in [0.25, 0.3) is 0 Å². The molecule has 0 saturated carbocycles. The number of ether oxygens (including phenoxy) is 1. The van der Waals surface area contributed by atoms with Gasteiger partial charge in [0.1, 0.15) is 6.10 Å². The minimum atomic E-state index is -0.230. The smallest absolute Gasteiger partial charge is 0.333 e. The largest absolute Gasteiger partial charge is 0.459 e. The van der Waals surface area contributed by atoms with Crippen LogP contribution in [0.1, 0.15) is 65.7 Å². The van der Waals surface area contributed by atoms with Crippen LogP contribution in [0.25, 0.3) is 0 Å². The topological polar surface area (TPSA) is 29.5 Å². The molecule has 0 aromatic carbocycles. The van der Waals surface area contributed by atoms with Crippen LogP contribution in [0.5, 0.6) is 0 Å². The van der Waals surface area contributed by atoms with Gasteiger partial charge >= 0.3 is 5.97 Å². The van der Waals surface area contributed by atoms with Crippen molar-refractivity contribution in [3.63, 3.8) is 0 Å². The van der Waals surface area contributed by atoms with Crippen LogP contribution in [-0.2, 0) is 9.53 Å². The molecule has 0 aromatic rings. The van der Waals surface area contributed by atoms with Crippen molar-refractivity contribution >= 4 is 5.97 Å². The van der Waals surface area contributed by atoms with E-state index in [0.717, 1.165) is 19.4 Å². The summed E-state index contributed by atoms with van der Waals surface area (Å²) in [6, 6.07) is 0.582. The molecule has 0 spiro atoms. The van der Waals surface area contributed by atoms with Gasteiger partial charge in [-0.25, -0.2) is 4.79 Å². The van der Waals surface area contributed by atoms with E-state index >= 15 is 0 Å².